The number of aliphatic imine (C=N–C) groups is 1. The Labute approximate surface area is 143 Å². The van der Waals surface area contributed by atoms with E-state index in [1.807, 2.05) is 19.1 Å². The molecule has 0 bridgehead atoms. The van der Waals surface area contributed by atoms with Gasteiger partial charge in [0, 0.05) is 31.0 Å². The molecule has 1 saturated heterocycles. The third-order valence-corrected chi connectivity index (χ3v) is 5.67. The fourth-order valence-corrected chi connectivity index (χ4v) is 4.10. The number of hydrogen-bond donors (Lipinski definition) is 2. The van der Waals surface area contributed by atoms with Crippen molar-refractivity contribution in [3.63, 3.8) is 0 Å². The van der Waals surface area contributed by atoms with Crippen LogP contribution in [-0.4, -0.2) is 31.8 Å². The average molecular weight is 333 g/mol. The van der Waals surface area contributed by atoms with Crippen molar-refractivity contribution in [2.75, 3.05) is 13.7 Å². The van der Waals surface area contributed by atoms with Crippen LogP contribution in [-0.2, 0) is 4.74 Å². The summed E-state index contributed by atoms with van der Waals surface area (Å²) < 4.78 is 19.6. The van der Waals surface area contributed by atoms with E-state index in [2.05, 4.69) is 29.5 Å². The first-order valence-corrected chi connectivity index (χ1v) is 8.72. The van der Waals surface area contributed by atoms with Crippen LogP contribution in [0.1, 0.15) is 44.4 Å². The maximum Gasteiger partial charge on any atom is 0.191 e. The van der Waals surface area contributed by atoms with E-state index in [0.717, 1.165) is 24.6 Å². The van der Waals surface area contributed by atoms with Crippen LogP contribution < -0.4 is 10.6 Å². The van der Waals surface area contributed by atoms with Gasteiger partial charge < -0.3 is 15.4 Å². The zero-order chi connectivity index (χ0) is 17.5. The number of benzene rings is 1. The highest BCUT2D eigenvalue weighted by Crippen LogP contribution is 2.52. The fraction of sp³-hybridized carbons (Fsp3) is 0.632. The summed E-state index contributed by atoms with van der Waals surface area (Å²) in [5.41, 5.74) is 1.67. The molecule has 0 amide bonds. The van der Waals surface area contributed by atoms with Crippen LogP contribution in [0.2, 0.25) is 0 Å². The number of hydrogen-bond acceptors (Lipinski definition) is 2. The number of ether oxygens (including phenoxy) is 1. The van der Waals surface area contributed by atoms with E-state index >= 15 is 0 Å². The molecule has 2 fully saturated rings. The minimum absolute atomic E-state index is 0.0230. The van der Waals surface area contributed by atoms with Gasteiger partial charge in [-0.05, 0) is 37.5 Å². The zero-order valence-electron chi connectivity index (χ0n) is 15.2. The lowest BCUT2D eigenvalue weighted by atomic mass is 9.57. The van der Waals surface area contributed by atoms with Crippen LogP contribution in [0.15, 0.2) is 23.2 Å². The van der Waals surface area contributed by atoms with E-state index in [0.29, 0.717) is 23.6 Å². The minimum Gasteiger partial charge on any atom is -0.377 e. The standard InChI is InChI=1S/C19H28FN3O/c1-11-6-7-13(10-15(11)20)12(2)22-18(21-5)23-16-14-8-9-24-17(14)19(16,3)4/h6-7,10,12,14,16-17H,8-9H2,1-5H3,(H2,21,22,23). The molecule has 0 radical (unpaired) electrons. The molecule has 132 valence electrons. The van der Waals surface area contributed by atoms with Crippen LogP contribution in [0, 0.1) is 24.1 Å². The van der Waals surface area contributed by atoms with Crippen LogP contribution >= 0.6 is 0 Å². The summed E-state index contributed by atoms with van der Waals surface area (Å²) in [5, 5.41) is 6.93. The second-order valence-electron chi connectivity index (χ2n) is 7.63. The fourth-order valence-electron chi connectivity index (χ4n) is 4.10. The second kappa shape index (κ2) is 6.36. The molecule has 3 rings (SSSR count). The van der Waals surface area contributed by atoms with Crippen molar-refractivity contribution >= 4 is 5.96 Å². The van der Waals surface area contributed by atoms with Crippen molar-refractivity contribution in [3.8, 4) is 0 Å². The van der Waals surface area contributed by atoms with E-state index in [1.54, 1.807) is 20.0 Å². The number of guanidine groups is 1. The normalized spacial score (nSPS) is 29.6. The van der Waals surface area contributed by atoms with Crippen molar-refractivity contribution in [2.45, 2.75) is 52.3 Å². The molecule has 1 aromatic rings. The Balaban J connectivity index is 1.66. The van der Waals surface area contributed by atoms with E-state index in [9.17, 15) is 4.39 Å². The molecule has 0 spiro atoms. The quantitative estimate of drug-likeness (QED) is 0.660. The first-order chi connectivity index (χ1) is 11.3. The molecule has 5 heteroatoms. The predicted molar refractivity (Wildman–Crippen MR) is 94.6 cm³/mol. The van der Waals surface area contributed by atoms with Gasteiger partial charge in [-0.2, -0.15) is 0 Å². The topological polar surface area (TPSA) is 45.7 Å². The van der Waals surface area contributed by atoms with Gasteiger partial charge in [-0.15, -0.1) is 0 Å². The monoisotopic (exact) mass is 333 g/mol. The number of rotatable bonds is 3. The van der Waals surface area contributed by atoms with Gasteiger partial charge in [-0.3, -0.25) is 4.99 Å². The van der Waals surface area contributed by atoms with E-state index in [4.69, 9.17) is 4.74 Å². The van der Waals surface area contributed by atoms with Gasteiger partial charge in [-0.25, -0.2) is 4.39 Å². The van der Waals surface area contributed by atoms with Gasteiger partial charge in [0.05, 0.1) is 12.1 Å². The van der Waals surface area contributed by atoms with Crippen molar-refractivity contribution in [3.05, 3.63) is 35.1 Å². The largest absolute Gasteiger partial charge is 0.377 e. The lowest BCUT2D eigenvalue weighted by Crippen LogP contribution is -2.68. The van der Waals surface area contributed by atoms with Gasteiger partial charge in [0.1, 0.15) is 5.82 Å². The second-order valence-corrected chi connectivity index (χ2v) is 7.63. The summed E-state index contributed by atoms with van der Waals surface area (Å²) in [6.07, 6.45) is 1.44. The first kappa shape index (κ1) is 17.2. The van der Waals surface area contributed by atoms with Gasteiger partial charge >= 0.3 is 0 Å². The van der Waals surface area contributed by atoms with Crippen LogP contribution in [0.5, 0.6) is 0 Å². The Bertz CT molecular complexity index is 643. The van der Waals surface area contributed by atoms with Crippen molar-refractivity contribution in [1.29, 1.82) is 0 Å². The molecule has 1 aliphatic heterocycles. The third kappa shape index (κ3) is 2.90. The average Bonchev–Trinajstić information content (AvgIpc) is 3.00. The molecule has 1 aromatic carbocycles. The summed E-state index contributed by atoms with van der Waals surface area (Å²) >= 11 is 0. The molecule has 4 nitrogen and oxygen atoms in total. The number of halogens is 1. The smallest absolute Gasteiger partial charge is 0.191 e. The summed E-state index contributed by atoms with van der Waals surface area (Å²) in [5.74, 6) is 1.13. The SMILES string of the molecule is CN=C(NC(C)c1ccc(C)c(F)c1)NC1C2CCOC2C1(C)C. The third-order valence-electron chi connectivity index (χ3n) is 5.67. The lowest BCUT2D eigenvalue weighted by molar-refractivity contribution is -0.106. The number of nitrogens with one attached hydrogen (secondary N) is 2. The maximum absolute atomic E-state index is 13.8. The molecule has 1 aliphatic carbocycles. The molecular formula is C19H28FN3O. The molecule has 1 saturated carbocycles. The van der Waals surface area contributed by atoms with Crippen LogP contribution in [0.3, 0.4) is 0 Å². The van der Waals surface area contributed by atoms with Crippen LogP contribution in [0.25, 0.3) is 0 Å². The molecule has 4 atom stereocenters. The molecular weight excluding hydrogens is 305 g/mol. The van der Waals surface area contributed by atoms with Gasteiger partial charge in [0.25, 0.3) is 0 Å². The molecule has 2 N–H and O–H groups in total. The Morgan fingerprint density at radius 3 is 2.83 bits per heavy atom. The first-order valence-electron chi connectivity index (χ1n) is 8.72. The van der Waals surface area contributed by atoms with E-state index in [1.165, 1.54) is 0 Å². The number of fused-ring (bicyclic) bond motifs is 1. The van der Waals surface area contributed by atoms with Crippen molar-refractivity contribution in [2.24, 2.45) is 16.3 Å². The van der Waals surface area contributed by atoms with Crippen LogP contribution in [0.4, 0.5) is 4.39 Å². The Kier molecular flexibility index (Phi) is 4.56. The summed E-state index contributed by atoms with van der Waals surface area (Å²) in [7, 11) is 1.77. The Morgan fingerprint density at radius 2 is 2.17 bits per heavy atom. The highest BCUT2D eigenvalue weighted by atomic mass is 19.1. The Hall–Kier alpha value is -1.62. The summed E-state index contributed by atoms with van der Waals surface area (Å²) in [6, 6.07) is 5.68. The number of aryl methyl sites for hydroxylation is 1. The van der Waals surface area contributed by atoms with Gasteiger partial charge in [0.2, 0.25) is 0 Å². The molecule has 2 aliphatic rings. The van der Waals surface area contributed by atoms with Crippen molar-refractivity contribution in [1.82, 2.24) is 10.6 Å². The molecule has 4 unspecified atom stereocenters. The minimum atomic E-state index is -0.171. The predicted octanol–water partition coefficient (Wildman–Crippen LogP) is 3.17. The Morgan fingerprint density at radius 1 is 1.42 bits per heavy atom. The zero-order valence-corrected chi connectivity index (χ0v) is 15.2. The summed E-state index contributed by atoms with van der Waals surface area (Å²) in [4.78, 5) is 4.35. The molecule has 24 heavy (non-hydrogen) atoms. The van der Waals surface area contributed by atoms with Gasteiger partial charge in [0.15, 0.2) is 5.96 Å². The highest BCUT2D eigenvalue weighted by molar-refractivity contribution is 5.80. The maximum atomic E-state index is 13.8. The van der Waals surface area contributed by atoms with E-state index in [-0.39, 0.29) is 17.3 Å². The molecule has 1 heterocycles. The van der Waals surface area contributed by atoms with Crippen molar-refractivity contribution < 1.29 is 9.13 Å². The molecule has 0 aromatic heterocycles. The lowest BCUT2D eigenvalue weighted by Gasteiger charge is -2.55. The highest BCUT2D eigenvalue weighted by Gasteiger charge is 2.59. The van der Waals surface area contributed by atoms with Gasteiger partial charge in [-0.1, -0.05) is 26.0 Å². The van der Waals surface area contributed by atoms with E-state index < -0.39 is 0 Å². The number of nitrogens with zero attached hydrogens (tertiary/aromatic N) is 1. The summed E-state index contributed by atoms with van der Waals surface area (Å²) in [6.45, 7) is 9.12.